The molecule has 0 aliphatic rings. The Kier molecular flexibility index (Phi) is 9.74. The Bertz CT molecular complexity index is 284. The van der Waals surface area contributed by atoms with Gasteiger partial charge in [0.15, 0.2) is 0 Å². The van der Waals surface area contributed by atoms with Crippen LogP contribution >= 0.6 is 0 Å². The second kappa shape index (κ2) is 10.6. The van der Waals surface area contributed by atoms with Crippen molar-refractivity contribution in [2.75, 3.05) is 13.2 Å². The summed E-state index contributed by atoms with van der Waals surface area (Å²) in [5.41, 5.74) is 0. The van der Waals surface area contributed by atoms with E-state index in [1.165, 1.54) is 11.1 Å². The summed E-state index contributed by atoms with van der Waals surface area (Å²) >= 11 is 0. The van der Waals surface area contributed by atoms with Gasteiger partial charge in [-0.2, -0.15) is 0 Å². The normalized spacial score (nSPS) is 12.1. The van der Waals surface area contributed by atoms with Crippen LogP contribution < -0.4 is 0 Å². The van der Waals surface area contributed by atoms with E-state index in [4.69, 9.17) is 4.74 Å². The summed E-state index contributed by atoms with van der Waals surface area (Å²) in [6.07, 6.45) is 10.3. The Morgan fingerprint density at radius 1 is 1.39 bits per heavy atom. The fraction of sp³-hybridized carbons (Fsp3) is 0.533. The number of carbonyl (C=O) groups excluding carboxylic acids is 1. The number of unbranched alkanes of at least 4 members (excludes halogenated alkanes) is 1. The van der Waals surface area contributed by atoms with Crippen LogP contribution in [0.4, 0.5) is 4.79 Å². The highest BCUT2D eigenvalue weighted by molar-refractivity contribution is 5.68. The molecule has 0 aromatic heterocycles. The van der Waals surface area contributed by atoms with Gasteiger partial charge in [0.1, 0.15) is 0 Å². The first-order valence-electron chi connectivity index (χ1n) is 6.50. The van der Waals surface area contributed by atoms with Crippen LogP contribution in [-0.2, 0) is 4.74 Å². The number of allylic oxidation sites excluding steroid dienone is 3. The molecule has 0 bridgehead atoms. The molecule has 0 fully saturated rings. The lowest BCUT2D eigenvalue weighted by Crippen LogP contribution is -2.27. The van der Waals surface area contributed by atoms with E-state index in [-0.39, 0.29) is 6.09 Å². The smallest absolute Gasteiger partial charge is 0.413 e. The van der Waals surface area contributed by atoms with Gasteiger partial charge < -0.3 is 4.74 Å². The number of hydrogen-bond donors (Lipinski definition) is 0. The molecule has 0 saturated carbocycles. The van der Waals surface area contributed by atoms with E-state index in [0.29, 0.717) is 19.1 Å². The van der Waals surface area contributed by atoms with Gasteiger partial charge in [0.25, 0.3) is 0 Å². The van der Waals surface area contributed by atoms with Crippen LogP contribution in [0.5, 0.6) is 0 Å². The quantitative estimate of drug-likeness (QED) is 0.455. The van der Waals surface area contributed by atoms with Crippen molar-refractivity contribution in [2.24, 2.45) is 5.92 Å². The number of rotatable bonds is 9. The topological polar surface area (TPSA) is 29.5 Å². The predicted octanol–water partition coefficient (Wildman–Crippen LogP) is 4.14. The van der Waals surface area contributed by atoms with E-state index >= 15 is 0 Å². The standard InChI is InChI=1S/C15H25NO2/c1-5-8-11-14(4)12-9-10-13-16(6-2)15(17)18-7-3/h5-6,8,11,14H,1-2,7,9-10,12-13H2,3-4H3/b11-8+. The molecule has 3 nitrogen and oxygen atoms in total. The first kappa shape index (κ1) is 16.5. The largest absolute Gasteiger partial charge is 0.449 e. The fourth-order valence-electron chi connectivity index (χ4n) is 1.58. The monoisotopic (exact) mass is 251 g/mol. The molecular formula is C15H25NO2. The van der Waals surface area contributed by atoms with Crippen molar-refractivity contribution in [2.45, 2.75) is 33.1 Å². The number of carbonyl (C=O) groups is 1. The lowest BCUT2D eigenvalue weighted by atomic mass is 10.0. The molecule has 0 N–H and O–H groups in total. The van der Waals surface area contributed by atoms with Crippen LogP contribution in [-0.4, -0.2) is 24.1 Å². The summed E-state index contributed by atoms with van der Waals surface area (Å²) in [5, 5.41) is 0. The van der Waals surface area contributed by atoms with Crippen molar-refractivity contribution in [3.05, 3.63) is 37.6 Å². The molecule has 3 heteroatoms. The molecule has 18 heavy (non-hydrogen) atoms. The Balaban J connectivity index is 3.80. The van der Waals surface area contributed by atoms with E-state index in [1.54, 1.807) is 13.0 Å². The summed E-state index contributed by atoms with van der Waals surface area (Å²) in [7, 11) is 0. The molecule has 102 valence electrons. The number of ether oxygens (including phenoxy) is 1. The second-order valence-corrected chi connectivity index (χ2v) is 4.17. The average Bonchev–Trinajstić information content (AvgIpc) is 2.36. The molecular weight excluding hydrogens is 226 g/mol. The van der Waals surface area contributed by atoms with Crippen molar-refractivity contribution < 1.29 is 9.53 Å². The highest BCUT2D eigenvalue weighted by atomic mass is 16.6. The lowest BCUT2D eigenvalue weighted by molar-refractivity contribution is 0.122. The molecule has 0 aromatic rings. The average molecular weight is 251 g/mol. The van der Waals surface area contributed by atoms with Gasteiger partial charge in [-0.3, -0.25) is 4.90 Å². The highest BCUT2D eigenvalue weighted by Gasteiger charge is 2.10. The fourth-order valence-corrected chi connectivity index (χ4v) is 1.58. The first-order chi connectivity index (χ1) is 8.65. The van der Waals surface area contributed by atoms with Gasteiger partial charge in [0.2, 0.25) is 0 Å². The van der Waals surface area contributed by atoms with Crippen molar-refractivity contribution in [3.63, 3.8) is 0 Å². The molecule has 1 unspecified atom stereocenters. The summed E-state index contributed by atoms with van der Waals surface area (Å²) in [6, 6.07) is 0. The van der Waals surface area contributed by atoms with Gasteiger partial charge in [0, 0.05) is 12.7 Å². The Morgan fingerprint density at radius 3 is 2.67 bits per heavy atom. The summed E-state index contributed by atoms with van der Waals surface area (Å²) in [6.45, 7) is 12.3. The number of amides is 1. The maximum atomic E-state index is 11.5. The predicted molar refractivity (Wildman–Crippen MR) is 76.3 cm³/mol. The zero-order valence-corrected chi connectivity index (χ0v) is 11.6. The molecule has 0 aromatic carbocycles. The maximum Gasteiger partial charge on any atom is 0.413 e. The van der Waals surface area contributed by atoms with Crippen LogP contribution in [0.1, 0.15) is 33.1 Å². The van der Waals surface area contributed by atoms with E-state index in [1.807, 2.05) is 6.08 Å². The Morgan fingerprint density at radius 2 is 2.11 bits per heavy atom. The van der Waals surface area contributed by atoms with E-state index in [0.717, 1.165) is 19.3 Å². The molecule has 0 spiro atoms. The number of hydrogen-bond acceptors (Lipinski definition) is 2. The molecule has 0 aliphatic heterocycles. The maximum absolute atomic E-state index is 11.5. The minimum absolute atomic E-state index is 0.313. The first-order valence-corrected chi connectivity index (χ1v) is 6.50. The SMILES string of the molecule is C=C/C=C/C(C)CCCCN(C=C)C(=O)OCC. The Labute approximate surface area is 111 Å². The molecule has 1 amide bonds. The van der Waals surface area contributed by atoms with Crippen LogP contribution in [0.3, 0.4) is 0 Å². The molecule has 1 atom stereocenters. The van der Waals surface area contributed by atoms with Gasteiger partial charge in [-0.25, -0.2) is 4.79 Å². The third kappa shape index (κ3) is 7.71. The minimum atomic E-state index is -0.313. The van der Waals surface area contributed by atoms with Crippen molar-refractivity contribution in [1.29, 1.82) is 0 Å². The minimum Gasteiger partial charge on any atom is -0.449 e. The van der Waals surface area contributed by atoms with Gasteiger partial charge >= 0.3 is 6.09 Å². The zero-order chi connectivity index (χ0) is 13.8. The molecule has 0 radical (unpaired) electrons. The number of nitrogens with zero attached hydrogens (tertiary/aromatic N) is 1. The van der Waals surface area contributed by atoms with Crippen LogP contribution in [0.25, 0.3) is 0 Å². The molecule has 0 aliphatic carbocycles. The second-order valence-electron chi connectivity index (χ2n) is 4.17. The van der Waals surface area contributed by atoms with E-state index in [9.17, 15) is 4.79 Å². The Hall–Kier alpha value is -1.51. The third-order valence-electron chi connectivity index (χ3n) is 2.61. The van der Waals surface area contributed by atoms with Crippen LogP contribution in [0, 0.1) is 5.92 Å². The summed E-state index contributed by atoms with van der Waals surface area (Å²) in [5.74, 6) is 0.544. The van der Waals surface area contributed by atoms with Crippen molar-refractivity contribution in [3.8, 4) is 0 Å². The van der Waals surface area contributed by atoms with Crippen LogP contribution in [0.15, 0.2) is 37.6 Å². The van der Waals surface area contributed by atoms with Gasteiger partial charge in [-0.1, -0.05) is 44.7 Å². The van der Waals surface area contributed by atoms with Gasteiger partial charge in [0.05, 0.1) is 6.61 Å². The van der Waals surface area contributed by atoms with Crippen molar-refractivity contribution >= 4 is 6.09 Å². The van der Waals surface area contributed by atoms with E-state index < -0.39 is 0 Å². The molecule has 0 rings (SSSR count). The van der Waals surface area contributed by atoms with Crippen molar-refractivity contribution in [1.82, 2.24) is 4.90 Å². The zero-order valence-electron chi connectivity index (χ0n) is 11.6. The summed E-state index contributed by atoms with van der Waals surface area (Å²) in [4.78, 5) is 13.0. The summed E-state index contributed by atoms with van der Waals surface area (Å²) < 4.78 is 4.92. The molecule has 0 saturated heterocycles. The van der Waals surface area contributed by atoms with Crippen LogP contribution in [0.2, 0.25) is 0 Å². The lowest BCUT2D eigenvalue weighted by Gasteiger charge is -2.17. The van der Waals surface area contributed by atoms with Gasteiger partial charge in [-0.15, -0.1) is 0 Å². The third-order valence-corrected chi connectivity index (χ3v) is 2.61. The van der Waals surface area contributed by atoms with Gasteiger partial charge in [-0.05, 0) is 25.7 Å². The molecule has 0 heterocycles. The highest BCUT2D eigenvalue weighted by Crippen LogP contribution is 2.10. The van der Waals surface area contributed by atoms with E-state index in [2.05, 4.69) is 26.2 Å².